The van der Waals surface area contributed by atoms with E-state index in [1.165, 1.54) is 0 Å². The molecule has 0 fully saturated rings. The van der Waals surface area contributed by atoms with Gasteiger partial charge in [0.2, 0.25) is 0 Å². The molecule has 2 aromatic carbocycles. The van der Waals surface area contributed by atoms with Crippen molar-refractivity contribution in [2.24, 2.45) is 0 Å². The van der Waals surface area contributed by atoms with Crippen LogP contribution >= 0.6 is 0 Å². The number of nitrogens with two attached hydrogens (primary N) is 1. The molecule has 3 N–H and O–H groups in total. The second-order valence-corrected chi connectivity index (χ2v) is 4.45. The number of benzene rings is 2. The van der Waals surface area contributed by atoms with Crippen LogP contribution in [0.2, 0.25) is 0 Å². The summed E-state index contributed by atoms with van der Waals surface area (Å²) < 4.78 is 5.07. The smallest absolute Gasteiger partial charge is 0.255 e. The van der Waals surface area contributed by atoms with Crippen molar-refractivity contribution in [1.82, 2.24) is 0 Å². The van der Waals surface area contributed by atoms with E-state index in [2.05, 4.69) is 5.32 Å². The molecule has 0 aromatic heterocycles. The Morgan fingerprint density at radius 3 is 2.50 bits per heavy atom. The standard InChI is InChI=1S/C16H18N2O2/c1-3-11-10-13(17)6-9-15(11)18-16(19)12-4-7-14(20-2)8-5-12/h4-10H,3,17H2,1-2H3,(H,18,19). The Kier molecular flexibility index (Phi) is 4.25. The molecule has 0 aliphatic carbocycles. The molecule has 1 amide bonds. The highest BCUT2D eigenvalue weighted by atomic mass is 16.5. The lowest BCUT2D eigenvalue weighted by molar-refractivity contribution is 0.102. The fourth-order valence-corrected chi connectivity index (χ4v) is 1.96. The normalized spacial score (nSPS) is 10.1. The van der Waals surface area contributed by atoms with Gasteiger partial charge in [-0.2, -0.15) is 0 Å². The summed E-state index contributed by atoms with van der Waals surface area (Å²) in [6.07, 6.45) is 0.809. The first-order valence-corrected chi connectivity index (χ1v) is 6.48. The summed E-state index contributed by atoms with van der Waals surface area (Å²) in [5.41, 5.74) is 8.85. The number of nitrogens with one attached hydrogen (secondary N) is 1. The van der Waals surface area contributed by atoms with Gasteiger partial charge < -0.3 is 15.8 Å². The first-order chi connectivity index (χ1) is 9.63. The first kappa shape index (κ1) is 13.9. The summed E-state index contributed by atoms with van der Waals surface area (Å²) >= 11 is 0. The van der Waals surface area contributed by atoms with Crippen molar-refractivity contribution in [3.63, 3.8) is 0 Å². The predicted octanol–water partition coefficient (Wildman–Crippen LogP) is 3.09. The van der Waals surface area contributed by atoms with Crippen LogP contribution in [-0.2, 0) is 6.42 Å². The lowest BCUT2D eigenvalue weighted by Crippen LogP contribution is -2.13. The van der Waals surface area contributed by atoms with Gasteiger partial charge in [0, 0.05) is 16.9 Å². The number of carbonyl (C=O) groups excluding carboxylic acids is 1. The molecule has 2 rings (SSSR count). The molecular weight excluding hydrogens is 252 g/mol. The topological polar surface area (TPSA) is 64.3 Å². The van der Waals surface area contributed by atoms with Gasteiger partial charge >= 0.3 is 0 Å². The maximum Gasteiger partial charge on any atom is 0.255 e. The van der Waals surface area contributed by atoms with E-state index in [0.29, 0.717) is 11.3 Å². The largest absolute Gasteiger partial charge is 0.497 e. The number of hydrogen-bond donors (Lipinski definition) is 2. The molecular formula is C16H18N2O2. The summed E-state index contributed by atoms with van der Waals surface area (Å²) in [7, 11) is 1.59. The highest BCUT2D eigenvalue weighted by molar-refractivity contribution is 6.04. The van der Waals surface area contributed by atoms with Crippen LogP contribution in [0.3, 0.4) is 0 Å². The highest BCUT2D eigenvalue weighted by Crippen LogP contribution is 2.20. The van der Waals surface area contributed by atoms with E-state index in [9.17, 15) is 4.79 Å². The Hall–Kier alpha value is -2.49. The SMILES string of the molecule is CCc1cc(N)ccc1NC(=O)c1ccc(OC)cc1. The van der Waals surface area contributed by atoms with Crippen LogP contribution in [0.4, 0.5) is 11.4 Å². The molecule has 0 saturated heterocycles. The van der Waals surface area contributed by atoms with Gasteiger partial charge in [0.25, 0.3) is 5.91 Å². The lowest BCUT2D eigenvalue weighted by atomic mass is 10.1. The van der Waals surface area contributed by atoms with Crippen LogP contribution in [0.25, 0.3) is 0 Å². The zero-order valence-electron chi connectivity index (χ0n) is 11.6. The number of ether oxygens (including phenoxy) is 1. The van der Waals surface area contributed by atoms with E-state index < -0.39 is 0 Å². The second kappa shape index (κ2) is 6.10. The number of amides is 1. The number of carbonyl (C=O) groups is 1. The third kappa shape index (κ3) is 3.09. The zero-order chi connectivity index (χ0) is 14.5. The van der Waals surface area contributed by atoms with Gasteiger partial charge in [-0.05, 0) is 54.4 Å². The maximum atomic E-state index is 12.2. The van der Waals surface area contributed by atoms with Crippen molar-refractivity contribution in [2.45, 2.75) is 13.3 Å². The first-order valence-electron chi connectivity index (χ1n) is 6.48. The summed E-state index contributed by atoms with van der Waals surface area (Å²) in [6.45, 7) is 2.03. The van der Waals surface area contributed by atoms with Crippen molar-refractivity contribution >= 4 is 17.3 Å². The molecule has 4 heteroatoms. The molecule has 0 bridgehead atoms. The van der Waals surface area contributed by atoms with Crippen LogP contribution in [0.5, 0.6) is 5.75 Å². The molecule has 104 valence electrons. The van der Waals surface area contributed by atoms with Crippen molar-refractivity contribution < 1.29 is 9.53 Å². The number of hydrogen-bond acceptors (Lipinski definition) is 3. The van der Waals surface area contributed by atoms with Gasteiger partial charge in [-0.1, -0.05) is 6.92 Å². The van der Waals surface area contributed by atoms with E-state index >= 15 is 0 Å². The van der Waals surface area contributed by atoms with Gasteiger partial charge in [-0.3, -0.25) is 4.79 Å². The Balaban J connectivity index is 2.18. The quantitative estimate of drug-likeness (QED) is 0.839. The zero-order valence-corrected chi connectivity index (χ0v) is 11.6. The monoisotopic (exact) mass is 270 g/mol. The van der Waals surface area contributed by atoms with Crippen molar-refractivity contribution in [3.05, 3.63) is 53.6 Å². The van der Waals surface area contributed by atoms with E-state index in [4.69, 9.17) is 10.5 Å². The molecule has 2 aromatic rings. The van der Waals surface area contributed by atoms with Gasteiger partial charge in [0.05, 0.1) is 7.11 Å². The van der Waals surface area contributed by atoms with Crippen LogP contribution in [0.15, 0.2) is 42.5 Å². The Morgan fingerprint density at radius 2 is 1.90 bits per heavy atom. The highest BCUT2D eigenvalue weighted by Gasteiger charge is 2.09. The summed E-state index contributed by atoms with van der Waals surface area (Å²) in [4.78, 5) is 12.2. The minimum absolute atomic E-state index is 0.146. The molecule has 0 saturated carbocycles. The number of anilines is 2. The molecule has 0 aliphatic heterocycles. The fraction of sp³-hybridized carbons (Fsp3) is 0.188. The molecule has 0 radical (unpaired) electrons. The van der Waals surface area contributed by atoms with Gasteiger partial charge in [-0.25, -0.2) is 0 Å². The van der Waals surface area contributed by atoms with E-state index in [0.717, 1.165) is 23.4 Å². The number of methoxy groups -OCH3 is 1. The second-order valence-electron chi connectivity index (χ2n) is 4.45. The number of rotatable bonds is 4. The Bertz CT molecular complexity index is 606. The predicted molar refractivity (Wildman–Crippen MR) is 81.2 cm³/mol. The fourth-order valence-electron chi connectivity index (χ4n) is 1.96. The van der Waals surface area contributed by atoms with E-state index in [1.54, 1.807) is 37.4 Å². The van der Waals surface area contributed by atoms with Crippen molar-refractivity contribution in [1.29, 1.82) is 0 Å². The van der Waals surface area contributed by atoms with Gasteiger partial charge in [-0.15, -0.1) is 0 Å². The molecule has 0 aliphatic rings. The third-order valence-corrected chi connectivity index (χ3v) is 3.11. The summed E-state index contributed by atoms with van der Waals surface area (Å²) in [5.74, 6) is 0.579. The minimum Gasteiger partial charge on any atom is -0.497 e. The van der Waals surface area contributed by atoms with E-state index in [1.807, 2.05) is 19.1 Å². The van der Waals surface area contributed by atoms with Crippen LogP contribution in [0.1, 0.15) is 22.8 Å². The van der Waals surface area contributed by atoms with Gasteiger partial charge in [0.1, 0.15) is 5.75 Å². The average Bonchev–Trinajstić information content (AvgIpc) is 2.49. The average molecular weight is 270 g/mol. The minimum atomic E-state index is -0.146. The number of aryl methyl sites for hydroxylation is 1. The molecule has 20 heavy (non-hydrogen) atoms. The third-order valence-electron chi connectivity index (χ3n) is 3.11. The van der Waals surface area contributed by atoms with Crippen LogP contribution in [-0.4, -0.2) is 13.0 Å². The maximum absolute atomic E-state index is 12.2. The molecule has 0 atom stereocenters. The van der Waals surface area contributed by atoms with Crippen molar-refractivity contribution in [2.75, 3.05) is 18.2 Å². The summed E-state index contributed by atoms with van der Waals surface area (Å²) in [6, 6.07) is 12.5. The molecule has 4 nitrogen and oxygen atoms in total. The van der Waals surface area contributed by atoms with Gasteiger partial charge in [0.15, 0.2) is 0 Å². The number of nitrogen functional groups attached to an aromatic ring is 1. The molecule has 0 spiro atoms. The molecule has 0 heterocycles. The van der Waals surface area contributed by atoms with Crippen molar-refractivity contribution in [3.8, 4) is 5.75 Å². The van der Waals surface area contributed by atoms with E-state index in [-0.39, 0.29) is 5.91 Å². The Labute approximate surface area is 118 Å². The lowest BCUT2D eigenvalue weighted by Gasteiger charge is -2.11. The van der Waals surface area contributed by atoms with Crippen LogP contribution < -0.4 is 15.8 Å². The van der Waals surface area contributed by atoms with Crippen LogP contribution in [0, 0.1) is 0 Å². The Morgan fingerprint density at radius 1 is 1.20 bits per heavy atom. The molecule has 0 unspecified atom stereocenters. The summed E-state index contributed by atoms with van der Waals surface area (Å²) in [5, 5.41) is 2.91.